The maximum atomic E-state index is 12.9. The molecule has 1 aromatic carbocycles. The molecular weight excluding hydrogens is 447 g/mol. The van der Waals surface area contributed by atoms with E-state index in [-0.39, 0.29) is 22.9 Å². The molecule has 0 N–H and O–H groups in total. The molecule has 7 nitrogen and oxygen atoms in total. The number of hydrogen-bond donors (Lipinski definition) is 0. The van der Waals surface area contributed by atoms with Crippen LogP contribution in [0.1, 0.15) is 23.7 Å². The second-order valence-electron chi connectivity index (χ2n) is 7.89. The Morgan fingerprint density at radius 2 is 1.91 bits per heavy atom. The zero-order valence-corrected chi connectivity index (χ0v) is 19.2. The van der Waals surface area contributed by atoms with Crippen LogP contribution in [0.25, 0.3) is 11.0 Å². The zero-order chi connectivity index (χ0) is 23.0. The number of nitrogens with zero attached hydrogens (tertiary/aromatic N) is 6. The lowest BCUT2D eigenvalue weighted by atomic mass is 10.1. The van der Waals surface area contributed by atoms with E-state index in [1.807, 2.05) is 23.1 Å². The summed E-state index contributed by atoms with van der Waals surface area (Å²) >= 11 is 12.2. The number of aromatic nitrogens is 2. The molecule has 3 heterocycles. The van der Waals surface area contributed by atoms with Gasteiger partial charge < -0.3 is 9.47 Å². The fourth-order valence-electron chi connectivity index (χ4n) is 4.17. The van der Waals surface area contributed by atoms with E-state index in [0.29, 0.717) is 46.4 Å². The third-order valence-corrected chi connectivity index (χ3v) is 6.63. The summed E-state index contributed by atoms with van der Waals surface area (Å²) in [5, 5.41) is 20.2. The normalized spacial score (nSPS) is 16.7. The fraction of sp³-hybridized carbons (Fsp3) is 0.304. The van der Waals surface area contributed by atoms with Crippen molar-refractivity contribution in [1.29, 1.82) is 10.5 Å². The van der Waals surface area contributed by atoms with E-state index in [1.54, 1.807) is 25.2 Å². The average molecular weight is 467 g/mol. The van der Waals surface area contributed by atoms with Gasteiger partial charge in [0, 0.05) is 39.3 Å². The molecule has 0 aliphatic carbocycles. The first-order valence-electron chi connectivity index (χ1n) is 10.1. The molecule has 9 heteroatoms. The van der Waals surface area contributed by atoms with Gasteiger partial charge in [-0.25, -0.2) is 4.98 Å². The summed E-state index contributed by atoms with van der Waals surface area (Å²) in [6.07, 6.45) is 0. The molecule has 1 saturated heterocycles. The van der Waals surface area contributed by atoms with E-state index in [9.17, 15) is 15.3 Å². The van der Waals surface area contributed by atoms with Gasteiger partial charge >= 0.3 is 0 Å². The Labute approximate surface area is 195 Å². The average Bonchev–Trinajstić information content (AvgIpc) is 2.79. The fourth-order valence-corrected chi connectivity index (χ4v) is 4.49. The Bertz CT molecular complexity index is 1350. The molecule has 0 amide bonds. The highest BCUT2D eigenvalue weighted by Crippen LogP contribution is 2.30. The van der Waals surface area contributed by atoms with Crippen molar-refractivity contribution >= 4 is 39.9 Å². The van der Waals surface area contributed by atoms with Gasteiger partial charge in [0.1, 0.15) is 28.9 Å². The molecule has 1 aliphatic heterocycles. The molecule has 1 fully saturated rings. The molecule has 2 aromatic heterocycles. The Hall–Kier alpha value is -3.10. The van der Waals surface area contributed by atoms with Gasteiger partial charge in [0.25, 0.3) is 5.56 Å². The van der Waals surface area contributed by atoms with Crippen molar-refractivity contribution in [2.45, 2.75) is 19.5 Å². The van der Waals surface area contributed by atoms with Crippen molar-refractivity contribution in [3.05, 3.63) is 67.6 Å². The van der Waals surface area contributed by atoms with Crippen LogP contribution in [-0.4, -0.2) is 40.1 Å². The van der Waals surface area contributed by atoms with Crippen molar-refractivity contribution in [3.63, 3.8) is 0 Å². The second-order valence-corrected chi connectivity index (χ2v) is 8.70. The lowest BCUT2D eigenvalue weighted by Gasteiger charge is -2.41. The van der Waals surface area contributed by atoms with Crippen molar-refractivity contribution in [3.8, 4) is 12.1 Å². The van der Waals surface area contributed by atoms with Crippen LogP contribution < -0.4 is 10.5 Å². The Morgan fingerprint density at radius 1 is 1.12 bits per heavy atom. The molecule has 0 saturated carbocycles. The van der Waals surface area contributed by atoms with Crippen molar-refractivity contribution in [2.75, 3.05) is 24.5 Å². The van der Waals surface area contributed by atoms with Crippen LogP contribution >= 0.6 is 23.2 Å². The van der Waals surface area contributed by atoms with Crippen LogP contribution in [0, 0.1) is 22.7 Å². The highest BCUT2D eigenvalue weighted by Gasteiger charge is 2.29. The number of aryl methyl sites for hydroxylation is 1. The van der Waals surface area contributed by atoms with Crippen LogP contribution in [0.15, 0.2) is 35.1 Å². The van der Waals surface area contributed by atoms with Crippen LogP contribution in [0.4, 0.5) is 5.69 Å². The zero-order valence-electron chi connectivity index (χ0n) is 17.6. The van der Waals surface area contributed by atoms with Gasteiger partial charge in [-0.3, -0.25) is 9.69 Å². The summed E-state index contributed by atoms with van der Waals surface area (Å²) in [5.41, 5.74) is 2.58. The van der Waals surface area contributed by atoms with Gasteiger partial charge in [-0.05, 0) is 36.8 Å². The Balaban J connectivity index is 1.69. The van der Waals surface area contributed by atoms with E-state index in [1.165, 1.54) is 4.57 Å². The minimum Gasteiger partial charge on any atom is -0.366 e. The monoisotopic (exact) mass is 466 g/mol. The molecule has 0 radical (unpaired) electrons. The van der Waals surface area contributed by atoms with Gasteiger partial charge in [-0.1, -0.05) is 29.3 Å². The van der Waals surface area contributed by atoms with Gasteiger partial charge in [0.2, 0.25) is 0 Å². The molecule has 162 valence electrons. The SMILES string of the molecule is C[C@@H]1CN(c2c(C#N)c(=O)n(C)c3ccc(C#N)nc23)CCN1Cc1ccc(Cl)c(Cl)c1. The lowest BCUT2D eigenvalue weighted by molar-refractivity contribution is 0.181. The predicted molar refractivity (Wildman–Crippen MR) is 125 cm³/mol. The van der Waals surface area contributed by atoms with Gasteiger partial charge in [0.15, 0.2) is 0 Å². The first-order chi connectivity index (χ1) is 15.3. The van der Waals surface area contributed by atoms with Gasteiger partial charge in [-0.15, -0.1) is 0 Å². The molecule has 1 aliphatic rings. The first kappa shape index (κ1) is 22.1. The number of rotatable bonds is 3. The highest BCUT2D eigenvalue weighted by atomic mass is 35.5. The number of hydrogen-bond acceptors (Lipinski definition) is 6. The standard InChI is InChI=1S/C23H20Cl2N6O/c1-14-12-31(8-7-30(14)13-15-3-5-18(24)19(25)9-15)22-17(11-27)23(32)29(2)20-6-4-16(10-26)28-21(20)22/h3-6,9,14H,7-8,12-13H2,1-2H3/t14-/m1/s1. The number of anilines is 1. The maximum absolute atomic E-state index is 12.9. The van der Waals surface area contributed by atoms with Crippen LogP contribution in [0.5, 0.6) is 0 Å². The summed E-state index contributed by atoms with van der Waals surface area (Å²) in [4.78, 5) is 21.7. The quantitative estimate of drug-likeness (QED) is 0.584. The molecule has 0 unspecified atom stereocenters. The number of nitriles is 2. The molecular formula is C23H20Cl2N6O. The van der Waals surface area contributed by atoms with E-state index in [2.05, 4.69) is 22.9 Å². The minimum absolute atomic E-state index is 0.0488. The molecule has 0 spiro atoms. The number of benzene rings is 1. The van der Waals surface area contributed by atoms with Gasteiger partial charge in [0.05, 0.1) is 21.2 Å². The summed E-state index contributed by atoms with van der Waals surface area (Å²) in [5.74, 6) is 0. The molecule has 1 atom stereocenters. The second kappa shape index (κ2) is 8.80. The summed E-state index contributed by atoms with van der Waals surface area (Å²) in [6, 6.07) is 13.2. The van der Waals surface area contributed by atoms with Crippen molar-refractivity contribution < 1.29 is 0 Å². The van der Waals surface area contributed by atoms with Crippen molar-refractivity contribution in [1.82, 2.24) is 14.5 Å². The van der Waals surface area contributed by atoms with E-state index in [0.717, 1.165) is 12.1 Å². The highest BCUT2D eigenvalue weighted by molar-refractivity contribution is 6.42. The molecule has 32 heavy (non-hydrogen) atoms. The number of pyridine rings is 2. The van der Waals surface area contributed by atoms with Crippen molar-refractivity contribution in [2.24, 2.45) is 7.05 Å². The lowest BCUT2D eigenvalue weighted by Crippen LogP contribution is -2.52. The largest absolute Gasteiger partial charge is 0.366 e. The molecule has 4 rings (SSSR count). The van der Waals surface area contributed by atoms with E-state index in [4.69, 9.17) is 23.2 Å². The molecule has 3 aromatic rings. The predicted octanol–water partition coefficient (Wildman–Crippen LogP) is 3.69. The van der Waals surface area contributed by atoms with Crippen LogP contribution in [0.2, 0.25) is 10.0 Å². The van der Waals surface area contributed by atoms with E-state index < -0.39 is 0 Å². The number of piperazine rings is 1. The topological polar surface area (TPSA) is 88.9 Å². The Kier molecular flexibility index (Phi) is 6.08. The summed E-state index contributed by atoms with van der Waals surface area (Å²) in [7, 11) is 1.61. The van der Waals surface area contributed by atoms with Gasteiger partial charge in [-0.2, -0.15) is 10.5 Å². The minimum atomic E-state index is -0.368. The smallest absolute Gasteiger partial charge is 0.270 e. The number of halogens is 2. The first-order valence-corrected chi connectivity index (χ1v) is 10.9. The Morgan fingerprint density at radius 3 is 2.56 bits per heavy atom. The third kappa shape index (κ3) is 3.91. The summed E-state index contributed by atoms with van der Waals surface area (Å²) < 4.78 is 1.41. The van der Waals surface area contributed by atoms with Crippen LogP contribution in [0.3, 0.4) is 0 Å². The van der Waals surface area contributed by atoms with E-state index >= 15 is 0 Å². The number of fused-ring (bicyclic) bond motifs is 1. The summed E-state index contributed by atoms with van der Waals surface area (Å²) in [6.45, 7) is 4.76. The molecule has 0 bridgehead atoms. The third-order valence-electron chi connectivity index (χ3n) is 5.89. The maximum Gasteiger partial charge on any atom is 0.270 e. The van der Waals surface area contributed by atoms with Crippen LogP contribution in [-0.2, 0) is 13.6 Å².